The molecule has 0 aromatic carbocycles. The number of rotatable bonds is 4. The maximum atomic E-state index is 12.4. The summed E-state index contributed by atoms with van der Waals surface area (Å²) in [5, 5.41) is 1.81. The largest absolute Gasteiger partial charge is 0.388 e. The Morgan fingerprint density at radius 3 is 2.48 bits per heavy atom. The van der Waals surface area contributed by atoms with Gasteiger partial charge in [-0.25, -0.2) is 13.4 Å². The van der Waals surface area contributed by atoms with E-state index >= 15 is 0 Å². The lowest BCUT2D eigenvalue weighted by atomic mass is 10.0. The number of piperidine rings is 1. The number of nitrogens with zero attached hydrogens (tertiary/aromatic N) is 2. The van der Waals surface area contributed by atoms with Crippen molar-refractivity contribution in [3.63, 3.8) is 0 Å². The Bertz CT molecular complexity index is 606. The molecule has 1 aromatic heterocycles. The first-order valence-electron chi connectivity index (χ1n) is 6.88. The highest BCUT2D eigenvalue weighted by molar-refractivity contribution is 7.89. The fraction of sp³-hybridized carbons (Fsp3) is 0.538. The second-order valence-electron chi connectivity index (χ2n) is 5.37. The molecule has 0 spiro atoms. The summed E-state index contributed by atoms with van der Waals surface area (Å²) in [6.07, 6.45) is 4.35. The van der Waals surface area contributed by atoms with Gasteiger partial charge in [0.05, 0.1) is 5.69 Å². The third-order valence-electron chi connectivity index (χ3n) is 3.72. The van der Waals surface area contributed by atoms with Gasteiger partial charge in [0.25, 0.3) is 10.0 Å². The second kappa shape index (κ2) is 6.35. The molecule has 0 bridgehead atoms. The fourth-order valence-corrected chi connectivity index (χ4v) is 3.78. The van der Waals surface area contributed by atoms with E-state index in [1.54, 1.807) is 5.01 Å². The van der Waals surface area contributed by atoms with Crippen molar-refractivity contribution in [3.8, 4) is 0 Å². The molecule has 1 aliphatic heterocycles. The van der Waals surface area contributed by atoms with E-state index in [0.29, 0.717) is 5.69 Å². The first kappa shape index (κ1) is 16.3. The maximum Gasteiger partial charge on any atom is 0.255 e. The minimum absolute atomic E-state index is 0.104. The highest BCUT2D eigenvalue weighted by atomic mass is 32.2. The van der Waals surface area contributed by atoms with Crippen LogP contribution >= 0.6 is 12.2 Å². The van der Waals surface area contributed by atoms with E-state index in [-0.39, 0.29) is 22.0 Å². The molecule has 2 unspecified atom stereocenters. The lowest BCUT2D eigenvalue weighted by Gasteiger charge is -2.38. The molecular formula is C13H20N4O2S2. The van der Waals surface area contributed by atoms with Gasteiger partial charge in [-0.1, -0.05) is 18.6 Å². The van der Waals surface area contributed by atoms with Gasteiger partial charge < -0.3 is 5.73 Å². The third-order valence-corrected chi connectivity index (χ3v) is 5.24. The Kier molecular flexibility index (Phi) is 4.92. The molecule has 0 aliphatic carbocycles. The number of nitrogens with two attached hydrogens (primary N) is 1. The molecule has 1 aromatic rings. The average Bonchev–Trinajstić information content (AvgIpc) is 2.43. The summed E-state index contributed by atoms with van der Waals surface area (Å²) in [5.41, 5.74) is 5.86. The van der Waals surface area contributed by atoms with E-state index in [4.69, 9.17) is 18.0 Å². The van der Waals surface area contributed by atoms with Crippen LogP contribution in [0.1, 0.15) is 38.8 Å². The smallest absolute Gasteiger partial charge is 0.255 e. The molecule has 2 rings (SSSR count). The van der Waals surface area contributed by atoms with Crippen molar-refractivity contribution in [2.75, 3.05) is 0 Å². The van der Waals surface area contributed by atoms with Crippen molar-refractivity contribution in [2.45, 2.75) is 50.1 Å². The van der Waals surface area contributed by atoms with Crippen LogP contribution in [0.5, 0.6) is 0 Å². The van der Waals surface area contributed by atoms with Gasteiger partial charge in [0, 0.05) is 18.3 Å². The quantitative estimate of drug-likeness (QED) is 0.807. The zero-order valence-corrected chi connectivity index (χ0v) is 13.7. The highest BCUT2D eigenvalue weighted by Crippen LogP contribution is 2.21. The van der Waals surface area contributed by atoms with Gasteiger partial charge in [0.1, 0.15) is 9.88 Å². The first-order chi connectivity index (χ1) is 9.81. The van der Waals surface area contributed by atoms with Crippen LogP contribution in [0.25, 0.3) is 0 Å². The Balaban J connectivity index is 2.19. The monoisotopic (exact) mass is 328 g/mol. The topological polar surface area (TPSA) is 88.3 Å². The molecule has 116 valence electrons. The lowest BCUT2D eigenvalue weighted by molar-refractivity contribution is 0.0790. The minimum Gasteiger partial charge on any atom is -0.388 e. The van der Waals surface area contributed by atoms with Crippen LogP contribution in [0.2, 0.25) is 0 Å². The van der Waals surface area contributed by atoms with Crippen LogP contribution in [0.4, 0.5) is 0 Å². The molecule has 1 saturated heterocycles. The molecule has 8 heteroatoms. The molecule has 6 nitrogen and oxygen atoms in total. The van der Waals surface area contributed by atoms with E-state index in [9.17, 15) is 8.42 Å². The van der Waals surface area contributed by atoms with Crippen molar-refractivity contribution in [3.05, 3.63) is 24.0 Å². The van der Waals surface area contributed by atoms with E-state index in [2.05, 4.69) is 9.82 Å². The zero-order valence-electron chi connectivity index (χ0n) is 12.1. The predicted octanol–water partition coefficient (Wildman–Crippen LogP) is 1.17. The molecule has 2 heterocycles. The summed E-state index contributed by atoms with van der Waals surface area (Å²) < 4.78 is 24.8. The van der Waals surface area contributed by atoms with Crippen LogP contribution in [-0.4, -0.2) is 35.5 Å². The van der Waals surface area contributed by atoms with Crippen molar-refractivity contribution in [1.29, 1.82) is 0 Å². The summed E-state index contributed by atoms with van der Waals surface area (Å²) in [6, 6.07) is 3.32. The van der Waals surface area contributed by atoms with E-state index in [1.807, 2.05) is 13.8 Å². The second-order valence-corrected chi connectivity index (χ2v) is 7.48. The van der Waals surface area contributed by atoms with Crippen molar-refractivity contribution in [1.82, 2.24) is 14.8 Å². The Morgan fingerprint density at radius 2 is 2.00 bits per heavy atom. The van der Waals surface area contributed by atoms with Gasteiger partial charge in [-0.3, -0.25) is 4.98 Å². The summed E-state index contributed by atoms with van der Waals surface area (Å²) in [4.78, 5) is 6.88. The molecule has 2 atom stereocenters. The minimum atomic E-state index is -3.64. The van der Waals surface area contributed by atoms with Crippen LogP contribution in [0.15, 0.2) is 23.2 Å². The van der Waals surface area contributed by atoms with E-state index in [1.165, 1.54) is 18.3 Å². The predicted molar refractivity (Wildman–Crippen MR) is 85.1 cm³/mol. The number of pyridine rings is 1. The molecule has 0 radical (unpaired) electrons. The maximum absolute atomic E-state index is 12.4. The number of nitrogens with one attached hydrogen (secondary N) is 1. The van der Waals surface area contributed by atoms with Crippen molar-refractivity contribution >= 4 is 27.2 Å². The first-order valence-corrected chi connectivity index (χ1v) is 8.77. The van der Waals surface area contributed by atoms with Crippen LogP contribution < -0.4 is 10.6 Å². The van der Waals surface area contributed by atoms with Gasteiger partial charge in [0.2, 0.25) is 0 Å². The Hall–Kier alpha value is -1.09. The normalized spacial score (nSPS) is 23.9. The lowest BCUT2D eigenvalue weighted by Crippen LogP contribution is -2.53. The number of aromatic nitrogens is 1. The summed E-state index contributed by atoms with van der Waals surface area (Å²) in [7, 11) is -3.64. The number of hydrazine groups is 1. The Labute approximate surface area is 130 Å². The van der Waals surface area contributed by atoms with Gasteiger partial charge in [0.15, 0.2) is 0 Å². The molecule has 1 aliphatic rings. The molecule has 0 amide bonds. The van der Waals surface area contributed by atoms with Gasteiger partial charge in [-0.15, -0.1) is 4.83 Å². The van der Waals surface area contributed by atoms with Gasteiger partial charge >= 0.3 is 0 Å². The number of thiocarbonyl (C=S) groups is 1. The van der Waals surface area contributed by atoms with Crippen molar-refractivity contribution < 1.29 is 8.42 Å². The highest BCUT2D eigenvalue weighted by Gasteiger charge is 2.29. The summed E-state index contributed by atoms with van der Waals surface area (Å²) >= 11 is 4.80. The van der Waals surface area contributed by atoms with Crippen LogP contribution in [-0.2, 0) is 10.0 Å². The molecular weight excluding hydrogens is 308 g/mol. The summed E-state index contributed by atoms with van der Waals surface area (Å²) in [6.45, 7) is 4.04. The molecule has 0 saturated carbocycles. The summed E-state index contributed by atoms with van der Waals surface area (Å²) in [5.74, 6) is 0. The average molecular weight is 328 g/mol. The number of hydrogen-bond acceptors (Lipinski definition) is 5. The molecule has 21 heavy (non-hydrogen) atoms. The third kappa shape index (κ3) is 3.76. The Morgan fingerprint density at radius 1 is 1.38 bits per heavy atom. The molecule has 1 fully saturated rings. The molecule has 3 N–H and O–H groups in total. The zero-order chi connectivity index (χ0) is 15.6. The number of hydrogen-bond donors (Lipinski definition) is 2. The standard InChI is InChI=1S/C13H20N4O2S2/c1-9-4-3-5-10(2)17(9)16-21(18,19)11-6-7-12(13(14)20)15-8-11/h6-10,16H,3-5H2,1-2H3,(H2,14,20). The fourth-order valence-electron chi connectivity index (χ4n) is 2.48. The SMILES string of the molecule is CC1CCCC(C)N1NS(=O)(=O)c1ccc(C(N)=S)nc1. The van der Waals surface area contributed by atoms with E-state index in [0.717, 1.165) is 19.3 Å². The van der Waals surface area contributed by atoms with Crippen LogP contribution in [0, 0.1) is 0 Å². The van der Waals surface area contributed by atoms with Crippen molar-refractivity contribution in [2.24, 2.45) is 5.73 Å². The number of sulfonamides is 1. The van der Waals surface area contributed by atoms with Gasteiger partial charge in [-0.05, 0) is 38.8 Å². The van der Waals surface area contributed by atoms with Gasteiger partial charge in [-0.2, -0.15) is 0 Å². The van der Waals surface area contributed by atoms with Crippen LogP contribution in [0.3, 0.4) is 0 Å². The van der Waals surface area contributed by atoms with E-state index < -0.39 is 10.0 Å².